The molecule has 1 aliphatic heterocycles. The molecule has 6 heteroatoms. The number of hydrogen-bond acceptors (Lipinski definition) is 5. The second-order valence-corrected chi connectivity index (χ2v) is 7.50. The standard InChI is InChI=1S/C24H29N3O3/c1-4-29-22-11-10-19(14-23(22)30-5-2)20-16-27(3)13-12-21(20)26-24(28)18-8-6-17(15-25)7-9-18/h6-11,14,20-21H,4-5,12-13,16H2,1-3H3,(H,26,28)/t20-,21-/m1/s1. The van der Waals surface area contributed by atoms with E-state index in [1.165, 1.54) is 0 Å². The van der Waals surface area contributed by atoms with E-state index in [1.54, 1.807) is 24.3 Å². The highest BCUT2D eigenvalue weighted by Crippen LogP contribution is 2.34. The maximum atomic E-state index is 12.8. The molecule has 1 amide bonds. The molecule has 1 saturated heterocycles. The van der Waals surface area contributed by atoms with Crippen molar-refractivity contribution in [3.05, 3.63) is 59.2 Å². The number of piperidine rings is 1. The number of likely N-dealkylation sites (tertiary alicyclic amines) is 1. The van der Waals surface area contributed by atoms with Crippen LogP contribution in [0.4, 0.5) is 0 Å². The highest BCUT2D eigenvalue weighted by atomic mass is 16.5. The molecule has 30 heavy (non-hydrogen) atoms. The minimum absolute atomic E-state index is 0.0109. The Hall–Kier alpha value is -3.04. The van der Waals surface area contributed by atoms with E-state index in [0.29, 0.717) is 24.3 Å². The number of nitriles is 1. The zero-order valence-electron chi connectivity index (χ0n) is 17.9. The summed E-state index contributed by atoms with van der Waals surface area (Å²) in [6, 6.07) is 14.9. The van der Waals surface area contributed by atoms with Crippen molar-refractivity contribution in [2.24, 2.45) is 0 Å². The normalized spacial score (nSPS) is 19.0. The summed E-state index contributed by atoms with van der Waals surface area (Å²) < 4.78 is 11.5. The first kappa shape index (κ1) is 21.7. The van der Waals surface area contributed by atoms with Crippen molar-refractivity contribution < 1.29 is 14.3 Å². The number of carbonyl (C=O) groups is 1. The Morgan fingerprint density at radius 2 is 1.83 bits per heavy atom. The summed E-state index contributed by atoms with van der Waals surface area (Å²) in [6.07, 6.45) is 0.861. The smallest absolute Gasteiger partial charge is 0.251 e. The van der Waals surface area contributed by atoms with Gasteiger partial charge in [0.05, 0.1) is 24.8 Å². The number of nitrogens with one attached hydrogen (secondary N) is 1. The predicted octanol–water partition coefficient (Wildman–Crippen LogP) is 3.57. The summed E-state index contributed by atoms with van der Waals surface area (Å²) >= 11 is 0. The molecule has 0 spiro atoms. The third-order valence-corrected chi connectivity index (χ3v) is 5.40. The number of carbonyl (C=O) groups excluding carboxylic acids is 1. The number of benzene rings is 2. The monoisotopic (exact) mass is 407 g/mol. The van der Waals surface area contributed by atoms with E-state index in [9.17, 15) is 4.79 Å². The van der Waals surface area contributed by atoms with Crippen molar-refractivity contribution in [1.29, 1.82) is 5.26 Å². The molecule has 0 bridgehead atoms. The number of ether oxygens (including phenoxy) is 2. The maximum absolute atomic E-state index is 12.8. The number of rotatable bonds is 7. The van der Waals surface area contributed by atoms with Crippen LogP contribution in [0.3, 0.4) is 0 Å². The Bertz CT molecular complexity index is 905. The van der Waals surface area contributed by atoms with E-state index in [2.05, 4.69) is 29.4 Å². The Labute approximate surface area is 178 Å². The van der Waals surface area contributed by atoms with Crippen molar-refractivity contribution in [2.45, 2.75) is 32.2 Å². The van der Waals surface area contributed by atoms with Gasteiger partial charge in [-0.2, -0.15) is 5.26 Å². The molecule has 1 fully saturated rings. The van der Waals surface area contributed by atoms with Crippen LogP contribution < -0.4 is 14.8 Å². The second kappa shape index (κ2) is 10.1. The fraction of sp³-hybridized carbons (Fsp3) is 0.417. The lowest BCUT2D eigenvalue weighted by Gasteiger charge is -2.37. The van der Waals surface area contributed by atoms with Gasteiger partial charge in [0.25, 0.3) is 5.91 Å². The molecule has 3 rings (SSSR count). The highest BCUT2D eigenvalue weighted by molar-refractivity contribution is 5.94. The summed E-state index contributed by atoms with van der Waals surface area (Å²) in [5, 5.41) is 12.2. The summed E-state index contributed by atoms with van der Waals surface area (Å²) in [6.45, 7) is 6.82. The van der Waals surface area contributed by atoms with Gasteiger partial charge in [-0.3, -0.25) is 4.79 Å². The van der Waals surface area contributed by atoms with Crippen LogP contribution in [0.5, 0.6) is 11.5 Å². The molecule has 1 aliphatic rings. The van der Waals surface area contributed by atoms with Gasteiger partial charge in [-0.05, 0) is 75.8 Å². The van der Waals surface area contributed by atoms with Crippen LogP contribution in [0, 0.1) is 11.3 Å². The van der Waals surface area contributed by atoms with E-state index in [4.69, 9.17) is 14.7 Å². The molecule has 0 radical (unpaired) electrons. The number of nitrogens with zero attached hydrogens (tertiary/aromatic N) is 2. The van der Waals surface area contributed by atoms with Gasteiger partial charge in [0, 0.05) is 24.1 Å². The fourth-order valence-corrected chi connectivity index (χ4v) is 3.87. The van der Waals surface area contributed by atoms with Gasteiger partial charge >= 0.3 is 0 Å². The molecular formula is C24H29N3O3. The third-order valence-electron chi connectivity index (χ3n) is 5.40. The van der Waals surface area contributed by atoms with Crippen molar-refractivity contribution in [3.8, 4) is 17.6 Å². The van der Waals surface area contributed by atoms with E-state index in [-0.39, 0.29) is 17.9 Å². The molecule has 2 aromatic rings. The van der Waals surface area contributed by atoms with Gasteiger partial charge in [0.15, 0.2) is 11.5 Å². The van der Waals surface area contributed by atoms with Gasteiger partial charge in [0.1, 0.15) is 0 Å². The predicted molar refractivity (Wildman–Crippen MR) is 116 cm³/mol. The molecule has 6 nitrogen and oxygen atoms in total. The average molecular weight is 408 g/mol. The molecule has 0 aliphatic carbocycles. The molecule has 0 unspecified atom stereocenters. The van der Waals surface area contributed by atoms with Crippen LogP contribution in [0.2, 0.25) is 0 Å². The Kier molecular flexibility index (Phi) is 7.31. The van der Waals surface area contributed by atoms with E-state index in [0.717, 1.165) is 36.6 Å². The number of amides is 1. The summed E-state index contributed by atoms with van der Waals surface area (Å²) in [5.74, 6) is 1.50. The van der Waals surface area contributed by atoms with Gasteiger partial charge < -0.3 is 19.7 Å². The largest absolute Gasteiger partial charge is 0.490 e. The summed E-state index contributed by atoms with van der Waals surface area (Å²) in [5.41, 5.74) is 2.23. The zero-order valence-corrected chi connectivity index (χ0v) is 17.9. The van der Waals surface area contributed by atoms with Crippen LogP contribution in [-0.2, 0) is 0 Å². The highest BCUT2D eigenvalue weighted by Gasteiger charge is 2.31. The second-order valence-electron chi connectivity index (χ2n) is 7.50. The molecule has 2 atom stereocenters. The molecule has 158 valence electrons. The van der Waals surface area contributed by atoms with Gasteiger partial charge in [-0.1, -0.05) is 6.07 Å². The third kappa shape index (κ3) is 5.11. The molecule has 0 aromatic heterocycles. The molecule has 1 heterocycles. The van der Waals surface area contributed by atoms with Crippen molar-refractivity contribution in [2.75, 3.05) is 33.4 Å². The maximum Gasteiger partial charge on any atom is 0.251 e. The Morgan fingerprint density at radius 3 is 2.50 bits per heavy atom. The van der Waals surface area contributed by atoms with Crippen molar-refractivity contribution in [3.63, 3.8) is 0 Å². The van der Waals surface area contributed by atoms with Gasteiger partial charge in [0.2, 0.25) is 0 Å². The van der Waals surface area contributed by atoms with Crippen LogP contribution in [0.1, 0.15) is 47.7 Å². The average Bonchev–Trinajstić information content (AvgIpc) is 2.76. The zero-order chi connectivity index (χ0) is 21.5. The molecule has 2 aromatic carbocycles. The summed E-state index contributed by atoms with van der Waals surface area (Å²) in [7, 11) is 2.10. The van der Waals surface area contributed by atoms with Crippen LogP contribution in [0.15, 0.2) is 42.5 Å². The first-order valence-corrected chi connectivity index (χ1v) is 10.4. The van der Waals surface area contributed by atoms with Crippen LogP contribution in [0.25, 0.3) is 0 Å². The van der Waals surface area contributed by atoms with Crippen LogP contribution in [-0.4, -0.2) is 50.2 Å². The quantitative estimate of drug-likeness (QED) is 0.759. The minimum atomic E-state index is -0.116. The fourth-order valence-electron chi connectivity index (χ4n) is 3.87. The number of likely N-dealkylation sites (N-methyl/N-ethyl adjacent to an activating group) is 1. The van der Waals surface area contributed by atoms with Crippen molar-refractivity contribution in [1.82, 2.24) is 10.2 Å². The Morgan fingerprint density at radius 1 is 1.13 bits per heavy atom. The molecular weight excluding hydrogens is 378 g/mol. The lowest BCUT2D eigenvalue weighted by Crippen LogP contribution is -2.48. The van der Waals surface area contributed by atoms with Crippen LogP contribution >= 0.6 is 0 Å². The SMILES string of the molecule is CCOc1ccc([C@H]2CN(C)CC[C@H]2NC(=O)c2ccc(C#N)cc2)cc1OCC. The lowest BCUT2D eigenvalue weighted by atomic mass is 9.85. The van der Waals surface area contributed by atoms with Gasteiger partial charge in [-0.25, -0.2) is 0 Å². The number of hydrogen-bond donors (Lipinski definition) is 1. The van der Waals surface area contributed by atoms with E-state index < -0.39 is 0 Å². The topological polar surface area (TPSA) is 74.6 Å². The minimum Gasteiger partial charge on any atom is -0.490 e. The molecule has 1 N–H and O–H groups in total. The first-order chi connectivity index (χ1) is 14.5. The summed E-state index contributed by atoms with van der Waals surface area (Å²) in [4.78, 5) is 15.1. The lowest BCUT2D eigenvalue weighted by molar-refractivity contribution is 0.0904. The molecule has 0 saturated carbocycles. The van der Waals surface area contributed by atoms with E-state index in [1.807, 2.05) is 26.0 Å². The van der Waals surface area contributed by atoms with E-state index >= 15 is 0 Å². The Balaban J connectivity index is 1.82. The van der Waals surface area contributed by atoms with Crippen molar-refractivity contribution >= 4 is 5.91 Å². The van der Waals surface area contributed by atoms with Gasteiger partial charge in [-0.15, -0.1) is 0 Å². The first-order valence-electron chi connectivity index (χ1n) is 10.4.